The summed E-state index contributed by atoms with van der Waals surface area (Å²) in [6.07, 6.45) is 2.04. The average molecular weight is 282 g/mol. The molecule has 20 heavy (non-hydrogen) atoms. The SMILES string of the molecule is COC(=O)[C@H]1C2CC(C(C)C)C(CC2C)[C@@H]1C(=O)OC. The van der Waals surface area contributed by atoms with E-state index < -0.39 is 0 Å². The highest BCUT2D eigenvalue weighted by molar-refractivity contribution is 5.83. The molecule has 3 rings (SSSR count). The number of carbonyl (C=O) groups is 2. The van der Waals surface area contributed by atoms with Crippen molar-refractivity contribution in [2.24, 2.45) is 41.4 Å². The van der Waals surface area contributed by atoms with Gasteiger partial charge in [-0.15, -0.1) is 0 Å². The van der Waals surface area contributed by atoms with Crippen molar-refractivity contribution in [3.63, 3.8) is 0 Å². The van der Waals surface area contributed by atoms with Crippen molar-refractivity contribution in [1.82, 2.24) is 0 Å². The summed E-state index contributed by atoms with van der Waals surface area (Å²) in [4.78, 5) is 24.4. The minimum atomic E-state index is -0.324. The molecule has 4 heteroatoms. The third-order valence-corrected chi connectivity index (χ3v) is 5.58. The number of hydrogen-bond donors (Lipinski definition) is 0. The Bertz CT molecular complexity index is 390. The van der Waals surface area contributed by atoms with Crippen LogP contribution in [0.2, 0.25) is 0 Å². The molecule has 0 spiro atoms. The summed E-state index contributed by atoms with van der Waals surface area (Å²) in [7, 11) is 2.82. The monoisotopic (exact) mass is 282 g/mol. The second-order valence-electron chi connectivity index (χ2n) is 6.78. The first kappa shape index (κ1) is 15.3. The number of esters is 2. The fraction of sp³-hybridized carbons (Fsp3) is 0.875. The number of fused-ring (bicyclic) bond motifs is 3. The molecule has 0 amide bonds. The molecule has 0 aromatic rings. The molecule has 0 aliphatic heterocycles. The molecule has 3 saturated carbocycles. The van der Waals surface area contributed by atoms with Crippen molar-refractivity contribution in [3.05, 3.63) is 0 Å². The molecule has 0 saturated heterocycles. The molecular formula is C16H26O4. The molecule has 114 valence electrons. The molecule has 2 bridgehead atoms. The van der Waals surface area contributed by atoms with Crippen LogP contribution in [0, 0.1) is 41.4 Å². The largest absolute Gasteiger partial charge is 0.469 e. The van der Waals surface area contributed by atoms with Crippen LogP contribution in [0.4, 0.5) is 0 Å². The summed E-state index contributed by atoms with van der Waals surface area (Å²) in [5.74, 6) is 0.847. The molecule has 4 nitrogen and oxygen atoms in total. The maximum absolute atomic E-state index is 12.2. The predicted molar refractivity (Wildman–Crippen MR) is 74.7 cm³/mol. The van der Waals surface area contributed by atoms with E-state index in [1.165, 1.54) is 14.2 Å². The molecule has 3 aliphatic carbocycles. The van der Waals surface area contributed by atoms with E-state index in [4.69, 9.17) is 9.47 Å². The first-order chi connectivity index (χ1) is 9.42. The minimum Gasteiger partial charge on any atom is -0.469 e. The van der Waals surface area contributed by atoms with E-state index in [2.05, 4.69) is 20.8 Å². The molecular weight excluding hydrogens is 256 g/mol. The first-order valence-corrected chi connectivity index (χ1v) is 7.58. The lowest BCUT2D eigenvalue weighted by Gasteiger charge is -2.54. The molecule has 0 radical (unpaired) electrons. The third kappa shape index (κ3) is 2.33. The van der Waals surface area contributed by atoms with Crippen LogP contribution in [-0.2, 0) is 19.1 Å². The zero-order valence-electron chi connectivity index (χ0n) is 13.1. The van der Waals surface area contributed by atoms with Gasteiger partial charge in [-0.3, -0.25) is 9.59 Å². The molecule has 0 heterocycles. The van der Waals surface area contributed by atoms with Gasteiger partial charge < -0.3 is 9.47 Å². The van der Waals surface area contributed by atoms with Gasteiger partial charge in [0.1, 0.15) is 0 Å². The van der Waals surface area contributed by atoms with Gasteiger partial charge in [0.15, 0.2) is 0 Å². The molecule has 3 aliphatic rings. The summed E-state index contributed by atoms with van der Waals surface area (Å²) >= 11 is 0. The number of hydrogen-bond acceptors (Lipinski definition) is 4. The van der Waals surface area contributed by atoms with Crippen molar-refractivity contribution in [2.45, 2.75) is 33.6 Å². The third-order valence-electron chi connectivity index (χ3n) is 5.58. The van der Waals surface area contributed by atoms with Crippen LogP contribution < -0.4 is 0 Å². The molecule has 0 aromatic carbocycles. The van der Waals surface area contributed by atoms with Gasteiger partial charge in [0.2, 0.25) is 0 Å². The molecule has 0 aromatic heterocycles. The Hall–Kier alpha value is -1.06. The molecule has 4 unspecified atom stereocenters. The zero-order chi connectivity index (χ0) is 15.0. The van der Waals surface area contributed by atoms with Crippen LogP contribution in [0.1, 0.15) is 33.6 Å². The van der Waals surface area contributed by atoms with E-state index >= 15 is 0 Å². The lowest BCUT2D eigenvalue weighted by Crippen LogP contribution is -2.55. The number of methoxy groups -OCH3 is 2. The van der Waals surface area contributed by atoms with Crippen molar-refractivity contribution < 1.29 is 19.1 Å². The van der Waals surface area contributed by atoms with Crippen LogP contribution in [0.25, 0.3) is 0 Å². The lowest BCUT2D eigenvalue weighted by atomic mass is 9.49. The van der Waals surface area contributed by atoms with Crippen molar-refractivity contribution >= 4 is 11.9 Å². The summed E-state index contributed by atoms with van der Waals surface area (Å²) < 4.78 is 9.95. The Morgan fingerprint density at radius 3 is 1.90 bits per heavy atom. The van der Waals surface area contributed by atoms with Crippen LogP contribution >= 0.6 is 0 Å². The highest BCUT2D eigenvalue weighted by Gasteiger charge is 2.57. The Labute approximate surface area is 121 Å². The van der Waals surface area contributed by atoms with E-state index in [1.54, 1.807) is 0 Å². The smallest absolute Gasteiger partial charge is 0.309 e. The maximum atomic E-state index is 12.2. The van der Waals surface area contributed by atoms with E-state index in [-0.39, 0.29) is 35.6 Å². The van der Waals surface area contributed by atoms with Gasteiger partial charge in [0.05, 0.1) is 26.1 Å². The van der Waals surface area contributed by atoms with Crippen LogP contribution in [0.5, 0.6) is 0 Å². The van der Waals surface area contributed by atoms with Gasteiger partial charge >= 0.3 is 11.9 Å². The van der Waals surface area contributed by atoms with Crippen molar-refractivity contribution in [3.8, 4) is 0 Å². The summed E-state index contributed by atoms with van der Waals surface area (Å²) in [5.41, 5.74) is 0. The Kier molecular flexibility index (Phi) is 4.40. The summed E-state index contributed by atoms with van der Waals surface area (Å²) in [5, 5.41) is 0. The highest BCUT2D eigenvalue weighted by Crippen LogP contribution is 2.56. The highest BCUT2D eigenvalue weighted by atomic mass is 16.5. The zero-order valence-corrected chi connectivity index (χ0v) is 13.1. The Morgan fingerprint density at radius 1 is 0.950 bits per heavy atom. The Morgan fingerprint density at radius 2 is 1.45 bits per heavy atom. The number of rotatable bonds is 3. The van der Waals surface area contributed by atoms with E-state index in [9.17, 15) is 9.59 Å². The normalized spacial score (nSPS) is 39.7. The fourth-order valence-corrected chi connectivity index (χ4v) is 4.63. The first-order valence-electron chi connectivity index (χ1n) is 7.58. The van der Waals surface area contributed by atoms with E-state index in [0.29, 0.717) is 17.8 Å². The molecule has 3 fully saturated rings. The van der Waals surface area contributed by atoms with Gasteiger partial charge in [-0.2, -0.15) is 0 Å². The number of ether oxygens (including phenoxy) is 2. The van der Waals surface area contributed by atoms with Gasteiger partial charge in [0.25, 0.3) is 0 Å². The van der Waals surface area contributed by atoms with Crippen LogP contribution in [0.3, 0.4) is 0 Å². The minimum absolute atomic E-state index is 0.240. The van der Waals surface area contributed by atoms with Crippen molar-refractivity contribution in [1.29, 1.82) is 0 Å². The molecule has 0 N–H and O–H groups in total. The topological polar surface area (TPSA) is 52.6 Å². The second kappa shape index (κ2) is 5.74. The van der Waals surface area contributed by atoms with Gasteiger partial charge in [-0.05, 0) is 42.4 Å². The summed E-state index contributed by atoms with van der Waals surface area (Å²) in [6.45, 7) is 6.60. The van der Waals surface area contributed by atoms with Crippen LogP contribution in [0.15, 0.2) is 0 Å². The molecule has 6 atom stereocenters. The predicted octanol–water partition coefficient (Wildman–Crippen LogP) is 2.51. The maximum Gasteiger partial charge on any atom is 0.309 e. The quantitative estimate of drug-likeness (QED) is 0.746. The van der Waals surface area contributed by atoms with E-state index in [0.717, 1.165) is 12.8 Å². The summed E-state index contributed by atoms with van der Waals surface area (Å²) in [6, 6.07) is 0. The Balaban J connectivity index is 2.37. The fourth-order valence-electron chi connectivity index (χ4n) is 4.63. The van der Waals surface area contributed by atoms with Gasteiger partial charge in [-0.25, -0.2) is 0 Å². The average Bonchev–Trinajstić information content (AvgIpc) is 2.44. The van der Waals surface area contributed by atoms with E-state index in [1.807, 2.05) is 0 Å². The second-order valence-corrected chi connectivity index (χ2v) is 6.78. The number of carbonyl (C=O) groups excluding carboxylic acids is 2. The lowest BCUT2D eigenvalue weighted by molar-refractivity contribution is -0.179. The van der Waals surface area contributed by atoms with Gasteiger partial charge in [-0.1, -0.05) is 20.8 Å². The van der Waals surface area contributed by atoms with Crippen molar-refractivity contribution in [2.75, 3.05) is 14.2 Å². The van der Waals surface area contributed by atoms with Gasteiger partial charge in [0, 0.05) is 0 Å². The van der Waals surface area contributed by atoms with Crippen LogP contribution in [-0.4, -0.2) is 26.2 Å². The standard InChI is InChI=1S/C16H26O4/c1-8(2)10-7-11-9(3)6-12(10)14(16(18)20-5)13(11)15(17)19-4/h8-14H,6-7H2,1-5H3/t9?,10?,11?,12?,13-,14-/m0/s1.